The van der Waals surface area contributed by atoms with E-state index in [-0.39, 0.29) is 10.1 Å². The molecule has 0 radical (unpaired) electrons. The van der Waals surface area contributed by atoms with E-state index in [4.69, 9.17) is 0 Å². The molecule has 4 atom stereocenters. The lowest BCUT2D eigenvalue weighted by Gasteiger charge is -2.53. The van der Waals surface area contributed by atoms with Crippen LogP contribution < -0.4 is 0 Å². The zero-order valence-electron chi connectivity index (χ0n) is 16.9. The summed E-state index contributed by atoms with van der Waals surface area (Å²) in [4.78, 5) is 11.6. The first-order valence-electron chi connectivity index (χ1n) is 10.3. The Hall–Kier alpha value is 0.177. The van der Waals surface area contributed by atoms with Gasteiger partial charge in [0.05, 0.1) is 0 Å². The molecule has 0 aliphatic heterocycles. The Morgan fingerprint density at radius 1 is 0.870 bits per heavy atom. The van der Waals surface area contributed by atoms with Crippen LogP contribution in [-0.4, -0.2) is 13.8 Å². The van der Waals surface area contributed by atoms with E-state index in [0.717, 1.165) is 23.7 Å². The van der Waals surface area contributed by atoms with E-state index < -0.39 is 9.04 Å². The van der Waals surface area contributed by atoms with Gasteiger partial charge in [-0.2, -0.15) is 0 Å². The zero-order chi connectivity index (χ0) is 17.4. The van der Waals surface area contributed by atoms with Crippen LogP contribution in [0, 0.1) is 29.6 Å². The molecular formula is C21H42OSi. The van der Waals surface area contributed by atoms with Crippen molar-refractivity contribution in [1.29, 1.82) is 0 Å². The summed E-state index contributed by atoms with van der Waals surface area (Å²) >= 11 is 0. The molecule has 136 valence electrons. The highest BCUT2D eigenvalue weighted by Crippen LogP contribution is 2.60. The van der Waals surface area contributed by atoms with Gasteiger partial charge in [-0.3, -0.25) is 0 Å². The van der Waals surface area contributed by atoms with Gasteiger partial charge in [-0.25, -0.2) is 0 Å². The van der Waals surface area contributed by atoms with Crippen LogP contribution in [0.2, 0.25) is 10.1 Å². The molecule has 0 heterocycles. The van der Waals surface area contributed by atoms with Crippen LogP contribution in [0.5, 0.6) is 0 Å². The van der Waals surface area contributed by atoms with Crippen LogP contribution in [0.25, 0.3) is 0 Å². The number of hydrogen-bond donors (Lipinski definition) is 1. The predicted octanol–water partition coefficient (Wildman–Crippen LogP) is 6.16. The van der Waals surface area contributed by atoms with Crippen LogP contribution in [0.3, 0.4) is 0 Å². The van der Waals surface area contributed by atoms with Crippen molar-refractivity contribution in [2.75, 3.05) is 0 Å². The van der Waals surface area contributed by atoms with Crippen molar-refractivity contribution in [3.63, 3.8) is 0 Å². The first kappa shape index (κ1) is 19.5. The van der Waals surface area contributed by atoms with E-state index in [1.165, 1.54) is 44.9 Å². The van der Waals surface area contributed by atoms with E-state index in [9.17, 15) is 4.80 Å². The molecule has 0 aromatic rings. The summed E-state index contributed by atoms with van der Waals surface area (Å²) in [5.41, 5.74) is 0. The summed E-state index contributed by atoms with van der Waals surface area (Å²) in [5.74, 6) is 4.09. The van der Waals surface area contributed by atoms with Crippen molar-refractivity contribution in [3.8, 4) is 0 Å². The second kappa shape index (κ2) is 7.20. The summed E-state index contributed by atoms with van der Waals surface area (Å²) in [6, 6.07) is 0. The average Bonchev–Trinajstić information content (AvgIpc) is 2.49. The monoisotopic (exact) mass is 338 g/mol. The van der Waals surface area contributed by atoms with E-state index >= 15 is 0 Å². The quantitative estimate of drug-likeness (QED) is 0.608. The highest BCUT2D eigenvalue weighted by Gasteiger charge is 2.52. The molecule has 2 aliphatic rings. The fourth-order valence-corrected chi connectivity index (χ4v) is 9.22. The van der Waals surface area contributed by atoms with Crippen molar-refractivity contribution in [2.24, 2.45) is 29.6 Å². The molecule has 23 heavy (non-hydrogen) atoms. The van der Waals surface area contributed by atoms with Gasteiger partial charge in [0.2, 0.25) is 0 Å². The molecule has 0 aromatic carbocycles. The SMILES string of the molecule is CC(C)C1CCC(C)([SiH](O)C2(C)CCC(C(C)C)CC2C)CC1. The second-order valence-electron chi connectivity index (χ2n) is 10.3. The Balaban J connectivity index is 2.05. The molecule has 2 aliphatic carbocycles. The Kier molecular flexibility index (Phi) is 6.10. The van der Waals surface area contributed by atoms with E-state index in [1.54, 1.807) is 0 Å². The fourth-order valence-electron chi connectivity index (χ4n) is 5.63. The lowest BCUT2D eigenvalue weighted by Crippen LogP contribution is -2.48. The highest BCUT2D eigenvalue weighted by atomic mass is 28.3. The third-order valence-corrected chi connectivity index (χ3v) is 12.2. The van der Waals surface area contributed by atoms with Gasteiger partial charge < -0.3 is 4.80 Å². The van der Waals surface area contributed by atoms with Gasteiger partial charge in [0, 0.05) is 0 Å². The van der Waals surface area contributed by atoms with Crippen molar-refractivity contribution < 1.29 is 4.80 Å². The summed E-state index contributed by atoms with van der Waals surface area (Å²) in [6.07, 6.45) is 9.19. The van der Waals surface area contributed by atoms with Gasteiger partial charge >= 0.3 is 0 Å². The Bertz CT molecular complexity index is 383. The molecule has 2 heteroatoms. The first-order valence-corrected chi connectivity index (χ1v) is 12.0. The Morgan fingerprint density at radius 2 is 1.35 bits per heavy atom. The van der Waals surface area contributed by atoms with Crippen molar-refractivity contribution in [1.82, 2.24) is 0 Å². The molecule has 1 nitrogen and oxygen atoms in total. The molecule has 2 saturated carbocycles. The predicted molar refractivity (Wildman–Crippen MR) is 104 cm³/mol. The topological polar surface area (TPSA) is 20.2 Å². The molecule has 4 unspecified atom stereocenters. The van der Waals surface area contributed by atoms with Crippen LogP contribution in [0.15, 0.2) is 0 Å². The molecule has 1 N–H and O–H groups in total. The van der Waals surface area contributed by atoms with Gasteiger partial charge in [0.15, 0.2) is 9.04 Å². The van der Waals surface area contributed by atoms with Crippen LogP contribution in [0.1, 0.15) is 93.4 Å². The normalized spacial score (nSPS) is 43.8. The van der Waals surface area contributed by atoms with E-state index in [1.807, 2.05) is 0 Å². The molecule has 0 spiro atoms. The standard InChI is InChI=1S/C21H42OSi/c1-15(2)18-8-11-20(6,12-9-18)23(22)21(7)13-10-19(16(3)4)14-17(21)5/h15-19,22-23H,8-14H2,1-7H3. The number of rotatable bonds is 4. The molecule has 2 rings (SSSR count). The molecule has 0 bridgehead atoms. The van der Waals surface area contributed by atoms with Gasteiger partial charge in [-0.1, -0.05) is 48.5 Å². The molecule has 0 aromatic heterocycles. The molecule has 0 amide bonds. The van der Waals surface area contributed by atoms with Crippen LogP contribution in [0.4, 0.5) is 0 Å². The largest absolute Gasteiger partial charge is 0.434 e. The second-order valence-corrected chi connectivity index (χ2v) is 13.8. The first-order chi connectivity index (χ1) is 10.6. The lowest BCUT2D eigenvalue weighted by atomic mass is 9.71. The van der Waals surface area contributed by atoms with Crippen LogP contribution in [-0.2, 0) is 0 Å². The maximum absolute atomic E-state index is 11.6. The minimum atomic E-state index is -1.77. The highest BCUT2D eigenvalue weighted by molar-refractivity contribution is 6.58. The van der Waals surface area contributed by atoms with Crippen molar-refractivity contribution in [2.45, 2.75) is 103 Å². The zero-order valence-corrected chi connectivity index (χ0v) is 18.0. The van der Waals surface area contributed by atoms with E-state index in [0.29, 0.717) is 5.92 Å². The molecular weight excluding hydrogens is 296 g/mol. The summed E-state index contributed by atoms with van der Waals surface area (Å²) in [5, 5.41) is 0.532. The van der Waals surface area contributed by atoms with Gasteiger partial charge in [0.1, 0.15) is 0 Å². The summed E-state index contributed by atoms with van der Waals surface area (Å²) in [6.45, 7) is 16.8. The van der Waals surface area contributed by atoms with Gasteiger partial charge in [0.25, 0.3) is 0 Å². The van der Waals surface area contributed by atoms with Crippen molar-refractivity contribution >= 4 is 9.04 Å². The van der Waals surface area contributed by atoms with Gasteiger partial charge in [-0.05, 0) is 84.6 Å². The number of hydrogen-bond acceptors (Lipinski definition) is 1. The molecule has 0 saturated heterocycles. The lowest BCUT2D eigenvalue weighted by molar-refractivity contribution is 0.154. The van der Waals surface area contributed by atoms with Gasteiger partial charge in [-0.15, -0.1) is 0 Å². The minimum Gasteiger partial charge on any atom is -0.434 e. The summed E-state index contributed by atoms with van der Waals surface area (Å²) < 4.78 is 0. The van der Waals surface area contributed by atoms with Crippen LogP contribution >= 0.6 is 0 Å². The smallest absolute Gasteiger partial charge is 0.184 e. The average molecular weight is 339 g/mol. The maximum Gasteiger partial charge on any atom is 0.184 e. The fraction of sp³-hybridized carbons (Fsp3) is 1.00. The Morgan fingerprint density at radius 3 is 1.78 bits per heavy atom. The molecule has 2 fully saturated rings. The Labute approximate surface area is 147 Å². The van der Waals surface area contributed by atoms with Crippen molar-refractivity contribution in [3.05, 3.63) is 0 Å². The summed E-state index contributed by atoms with van der Waals surface area (Å²) in [7, 11) is -1.77. The van der Waals surface area contributed by atoms with E-state index in [2.05, 4.69) is 48.5 Å². The maximum atomic E-state index is 11.6. The third-order valence-electron chi connectivity index (χ3n) is 8.18. The third kappa shape index (κ3) is 3.89. The minimum absolute atomic E-state index is 0.255.